The molecule has 0 fully saturated rings. The number of hydrogen-bond donors (Lipinski definition) is 2. The van der Waals surface area contributed by atoms with Gasteiger partial charge in [0.2, 0.25) is 10.0 Å². The fraction of sp³-hybridized carbons (Fsp3) is 0.727. The first kappa shape index (κ1) is 15.1. The Hall–Kier alpha value is -0.920. The van der Waals surface area contributed by atoms with Gasteiger partial charge in [-0.15, -0.1) is 0 Å². The molecule has 0 saturated carbocycles. The van der Waals surface area contributed by atoms with Gasteiger partial charge in [0.25, 0.3) is 0 Å². The first-order chi connectivity index (χ1) is 8.35. The molecule has 0 spiro atoms. The minimum Gasteiger partial charge on any atom is -0.311 e. The van der Waals surface area contributed by atoms with Crippen molar-refractivity contribution in [1.29, 1.82) is 0 Å². The van der Waals surface area contributed by atoms with Gasteiger partial charge in [-0.1, -0.05) is 13.8 Å². The number of nitrogens with zero attached hydrogens (tertiary/aromatic N) is 2. The zero-order chi connectivity index (χ0) is 13.8. The average Bonchev–Trinajstić information content (AvgIpc) is 2.66. The summed E-state index contributed by atoms with van der Waals surface area (Å²) in [5.74, 6) is 0.449. The van der Waals surface area contributed by atoms with Crippen LogP contribution in [0.1, 0.15) is 31.0 Å². The number of sulfonamides is 1. The summed E-state index contributed by atoms with van der Waals surface area (Å²) in [6.45, 7) is 5.25. The third-order valence-corrected chi connectivity index (χ3v) is 4.02. The lowest BCUT2D eigenvalue weighted by Gasteiger charge is -2.07. The number of nitrogens with one attached hydrogen (secondary N) is 2. The molecule has 0 unspecified atom stereocenters. The van der Waals surface area contributed by atoms with Crippen LogP contribution in [0.15, 0.2) is 6.20 Å². The Morgan fingerprint density at radius 1 is 1.44 bits per heavy atom. The van der Waals surface area contributed by atoms with E-state index in [0.29, 0.717) is 19.0 Å². The molecular weight excluding hydrogens is 252 g/mol. The highest BCUT2D eigenvalue weighted by molar-refractivity contribution is 7.89. The molecule has 0 radical (unpaired) electrons. The predicted octanol–water partition coefficient (Wildman–Crippen LogP) is 0.182. The lowest BCUT2D eigenvalue weighted by Crippen LogP contribution is -2.29. The molecule has 18 heavy (non-hydrogen) atoms. The molecule has 0 aliphatic rings. The maximum atomic E-state index is 11.2. The van der Waals surface area contributed by atoms with E-state index in [-0.39, 0.29) is 5.75 Å². The van der Waals surface area contributed by atoms with Gasteiger partial charge in [-0.25, -0.2) is 13.1 Å². The Morgan fingerprint density at radius 3 is 2.67 bits per heavy atom. The van der Waals surface area contributed by atoms with Crippen LogP contribution in [0.2, 0.25) is 0 Å². The maximum Gasteiger partial charge on any atom is 0.212 e. The normalized spacial score (nSPS) is 12.3. The van der Waals surface area contributed by atoms with Gasteiger partial charge in [-0.3, -0.25) is 4.68 Å². The number of aromatic nitrogens is 2. The fourth-order valence-corrected chi connectivity index (χ4v) is 2.33. The van der Waals surface area contributed by atoms with Crippen LogP contribution in [0.5, 0.6) is 0 Å². The van der Waals surface area contributed by atoms with E-state index in [0.717, 1.165) is 11.3 Å². The first-order valence-corrected chi connectivity index (χ1v) is 7.65. The zero-order valence-corrected chi connectivity index (χ0v) is 12.2. The topological polar surface area (TPSA) is 76.0 Å². The van der Waals surface area contributed by atoms with Gasteiger partial charge in [0.05, 0.1) is 11.4 Å². The molecule has 1 rings (SSSR count). The summed E-state index contributed by atoms with van der Waals surface area (Å²) in [6, 6.07) is 0. The summed E-state index contributed by atoms with van der Waals surface area (Å²) in [6.07, 6.45) is 1.97. The highest BCUT2D eigenvalue weighted by Crippen LogP contribution is 2.16. The van der Waals surface area contributed by atoms with E-state index >= 15 is 0 Å². The summed E-state index contributed by atoms with van der Waals surface area (Å²) >= 11 is 0. The Morgan fingerprint density at radius 2 is 2.11 bits per heavy atom. The van der Waals surface area contributed by atoms with Crippen LogP contribution < -0.4 is 10.0 Å². The molecular formula is C11H22N4O2S. The SMILES string of the molecule is CNS(=O)(=O)CCNCc1cn(C)nc1C(C)C. The van der Waals surface area contributed by atoms with Crippen LogP contribution in [0.3, 0.4) is 0 Å². The maximum absolute atomic E-state index is 11.2. The van der Waals surface area contributed by atoms with Crippen molar-refractivity contribution >= 4 is 10.0 Å². The lowest BCUT2D eigenvalue weighted by atomic mass is 10.1. The van der Waals surface area contributed by atoms with Crippen LogP contribution in [0.25, 0.3) is 0 Å². The number of hydrogen-bond acceptors (Lipinski definition) is 4. The molecule has 1 aromatic rings. The second-order valence-electron chi connectivity index (χ2n) is 4.57. The second-order valence-corrected chi connectivity index (χ2v) is 6.61. The third kappa shape index (κ3) is 4.40. The van der Waals surface area contributed by atoms with Crippen LogP contribution >= 0.6 is 0 Å². The molecule has 104 valence electrons. The van der Waals surface area contributed by atoms with Gasteiger partial charge in [-0.2, -0.15) is 5.10 Å². The summed E-state index contributed by atoms with van der Waals surface area (Å²) in [7, 11) is 0.185. The van der Waals surface area contributed by atoms with Crippen molar-refractivity contribution < 1.29 is 8.42 Å². The molecule has 7 heteroatoms. The predicted molar refractivity (Wildman–Crippen MR) is 71.9 cm³/mol. The Bertz CT molecular complexity index is 479. The van der Waals surface area contributed by atoms with Crippen LogP contribution in [0, 0.1) is 0 Å². The first-order valence-electron chi connectivity index (χ1n) is 6.00. The van der Waals surface area contributed by atoms with Gasteiger partial charge < -0.3 is 5.32 Å². The van der Waals surface area contributed by atoms with Crippen molar-refractivity contribution in [3.8, 4) is 0 Å². The standard InChI is InChI=1S/C11H22N4O2S/c1-9(2)11-10(8-15(4)14-11)7-13-5-6-18(16,17)12-3/h8-9,12-13H,5-7H2,1-4H3. The van der Waals surface area contributed by atoms with Crippen molar-refractivity contribution in [2.75, 3.05) is 19.3 Å². The zero-order valence-electron chi connectivity index (χ0n) is 11.4. The van der Waals surface area contributed by atoms with Crippen LogP contribution in [0.4, 0.5) is 0 Å². The molecule has 0 aliphatic heterocycles. The molecule has 0 atom stereocenters. The number of aryl methyl sites for hydroxylation is 1. The highest BCUT2D eigenvalue weighted by atomic mass is 32.2. The largest absolute Gasteiger partial charge is 0.311 e. The smallest absolute Gasteiger partial charge is 0.212 e. The summed E-state index contributed by atoms with van der Waals surface area (Å²) < 4.78 is 26.5. The van der Waals surface area contributed by atoms with Crippen molar-refractivity contribution in [2.24, 2.45) is 7.05 Å². The van der Waals surface area contributed by atoms with Crippen molar-refractivity contribution in [3.05, 3.63) is 17.5 Å². The molecule has 1 aromatic heterocycles. The molecule has 0 saturated heterocycles. The van der Waals surface area contributed by atoms with E-state index in [1.807, 2.05) is 13.2 Å². The van der Waals surface area contributed by atoms with Gasteiger partial charge in [0.1, 0.15) is 0 Å². The van der Waals surface area contributed by atoms with Gasteiger partial charge >= 0.3 is 0 Å². The van der Waals surface area contributed by atoms with Gasteiger partial charge in [0.15, 0.2) is 0 Å². The molecule has 2 N–H and O–H groups in total. The van der Waals surface area contributed by atoms with Gasteiger partial charge in [-0.05, 0) is 13.0 Å². The highest BCUT2D eigenvalue weighted by Gasteiger charge is 2.11. The Kier molecular flexibility index (Phi) is 5.30. The lowest BCUT2D eigenvalue weighted by molar-refractivity contribution is 0.582. The molecule has 0 aromatic carbocycles. The molecule has 0 aliphatic carbocycles. The minimum absolute atomic E-state index is 0.0841. The van der Waals surface area contributed by atoms with E-state index in [4.69, 9.17) is 0 Å². The second kappa shape index (κ2) is 6.31. The Labute approximate surface area is 109 Å². The molecule has 0 bridgehead atoms. The van der Waals surface area contributed by atoms with E-state index in [9.17, 15) is 8.42 Å². The summed E-state index contributed by atoms with van der Waals surface area (Å²) in [4.78, 5) is 0. The molecule has 6 nitrogen and oxygen atoms in total. The monoisotopic (exact) mass is 274 g/mol. The fourth-order valence-electron chi connectivity index (χ4n) is 1.71. The van der Waals surface area contributed by atoms with Crippen LogP contribution in [-0.2, 0) is 23.6 Å². The molecule has 0 amide bonds. The van der Waals surface area contributed by atoms with Crippen molar-refractivity contribution in [1.82, 2.24) is 19.8 Å². The third-order valence-electron chi connectivity index (χ3n) is 2.66. The van der Waals surface area contributed by atoms with Crippen molar-refractivity contribution in [2.45, 2.75) is 26.3 Å². The number of rotatable bonds is 7. The van der Waals surface area contributed by atoms with E-state index in [1.54, 1.807) is 4.68 Å². The van der Waals surface area contributed by atoms with Gasteiger partial charge in [0, 0.05) is 31.9 Å². The Balaban J connectivity index is 2.49. The van der Waals surface area contributed by atoms with E-state index in [2.05, 4.69) is 29.0 Å². The summed E-state index contributed by atoms with van der Waals surface area (Å²) in [5.41, 5.74) is 2.18. The average molecular weight is 274 g/mol. The molecule has 1 heterocycles. The van der Waals surface area contributed by atoms with E-state index in [1.165, 1.54) is 7.05 Å². The quantitative estimate of drug-likeness (QED) is 0.696. The van der Waals surface area contributed by atoms with Crippen LogP contribution in [-0.4, -0.2) is 37.5 Å². The minimum atomic E-state index is -3.13. The van der Waals surface area contributed by atoms with Crippen molar-refractivity contribution in [3.63, 3.8) is 0 Å². The van der Waals surface area contributed by atoms with E-state index < -0.39 is 10.0 Å². The summed E-state index contributed by atoms with van der Waals surface area (Å²) in [5, 5.41) is 7.53.